The fourth-order valence-corrected chi connectivity index (χ4v) is 3.69. The number of benzene rings is 1. The maximum Gasteiger partial charge on any atom is 0.331 e. The number of hydrogen-bond acceptors (Lipinski definition) is 3. The molecule has 3 unspecified atom stereocenters. The molecule has 3 atom stereocenters. The van der Waals surface area contributed by atoms with Crippen molar-refractivity contribution >= 4 is 39.2 Å². The second-order valence-corrected chi connectivity index (χ2v) is 7.26. The molecular weight excluding hydrogens is 354 g/mol. The molecule has 1 fully saturated rings. The lowest BCUT2D eigenvalue weighted by atomic mass is 9.69. The zero-order chi connectivity index (χ0) is 15.6. The van der Waals surface area contributed by atoms with Crippen LogP contribution in [0.3, 0.4) is 0 Å². The van der Waals surface area contributed by atoms with Gasteiger partial charge >= 0.3 is 5.97 Å². The summed E-state index contributed by atoms with van der Waals surface area (Å²) in [5, 5.41) is 4.07. The van der Waals surface area contributed by atoms with Gasteiger partial charge in [-0.25, -0.2) is 4.79 Å². The molecule has 0 spiro atoms. The van der Waals surface area contributed by atoms with Gasteiger partial charge in [-0.3, -0.25) is 0 Å². The minimum absolute atomic E-state index is 0.187. The van der Waals surface area contributed by atoms with Gasteiger partial charge in [-0.15, -0.1) is 0 Å². The Bertz CT molecular complexity index is 537. The van der Waals surface area contributed by atoms with Crippen molar-refractivity contribution in [3.63, 3.8) is 0 Å². The summed E-state index contributed by atoms with van der Waals surface area (Å²) < 4.78 is 5.90. The number of halogens is 2. The predicted molar refractivity (Wildman–Crippen MR) is 89.7 cm³/mol. The number of ether oxygens (including phenoxy) is 1. The third-order valence-corrected chi connectivity index (χ3v) is 5.68. The molecule has 0 aromatic heterocycles. The van der Waals surface area contributed by atoms with Crippen LogP contribution in [0.5, 0.6) is 0 Å². The summed E-state index contributed by atoms with van der Waals surface area (Å²) in [5.74, 6) is 0.660. The first kappa shape index (κ1) is 16.6. The monoisotopic (exact) mass is 373 g/mol. The fourth-order valence-electron chi connectivity index (χ4n) is 3.20. The summed E-state index contributed by atoms with van der Waals surface area (Å²) in [4.78, 5) is 12.4. The van der Waals surface area contributed by atoms with Crippen LogP contribution in [0.15, 0.2) is 22.7 Å². The van der Waals surface area contributed by atoms with Crippen LogP contribution in [0.1, 0.15) is 33.1 Å². The Labute approximate surface area is 139 Å². The minimum atomic E-state index is -0.658. The first-order valence-electron chi connectivity index (χ1n) is 7.20. The molecule has 1 saturated carbocycles. The molecule has 0 aliphatic heterocycles. The van der Waals surface area contributed by atoms with Crippen LogP contribution in [-0.4, -0.2) is 18.6 Å². The summed E-state index contributed by atoms with van der Waals surface area (Å²) >= 11 is 9.45. The van der Waals surface area contributed by atoms with Gasteiger partial charge in [0.2, 0.25) is 0 Å². The van der Waals surface area contributed by atoms with Gasteiger partial charge in [-0.05, 0) is 65.2 Å². The lowest BCUT2D eigenvalue weighted by Crippen LogP contribution is -2.55. The van der Waals surface area contributed by atoms with E-state index in [1.165, 1.54) is 7.11 Å². The van der Waals surface area contributed by atoms with E-state index in [0.717, 1.165) is 29.4 Å². The SMILES string of the molecule is COC(=O)C1(Nc2ccc(Cl)c(Br)c2)CCC(C)CC1C. The Morgan fingerprint density at radius 2 is 2.19 bits per heavy atom. The molecule has 1 aromatic carbocycles. The molecule has 21 heavy (non-hydrogen) atoms. The summed E-state index contributed by atoms with van der Waals surface area (Å²) in [6.45, 7) is 4.35. The Kier molecular flexibility index (Phi) is 5.20. The molecule has 2 rings (SSSR count). The maximum atomic E-state index is 12.4. The lowest BCUT2D eigenvalue weighted by Gasteiger charge is -2.43. The molecule has 1 N–H and O–H groups in total. The van der Waals surface area contributed by atoms with Crippen LogP contribution < -0.4 is 5.32 Å². The van der Waals surface area contributed by atoms with Gasteiger partial charge < -0.3 is 10.1 Å². The van der Waals surface area contributed by atoms with E-state index in [4.69, 9.17) is 16.3 Å². The number of esters is 1. The molecule has 0 heterocycles. The molecule has 116 valence electrons. The Morgan fingerprint density at radius 3 is 2.76 bits per heavy atom. The van der Waals surface area contributed by atoms with Crippen LogP contribution in [0.4, 0.5) is 5.69 Å². The van der Waals surface area contributed by atoms with Gasteiger partial charge in [0.1, 0.15) is 5.54 Å². The number of hydrogen-bond donors (Lipinski definition) is 1. The zero-order valence-corrected chi connectivity index (χ0v) is 14.9. The van der Waals surface area contributed by atoms with E-state index in [-0.39, 0.29) is 11.9 Å². The Morgan fingerprint density at radius 1 is 1.48 bits per heavy atom. The Hall–Kier alpha value is -0.740. The van der Waals surface area contributed by atoms with E-state index in [2.05, 4.69) is 35.1 Å². The molecule has 1 aromatic rings. The third kappa shape index (κ3) is 3.37. The molecule has 0 saturated heterocycles. The van der Waals surface area contributed by atoms with Gasteiger partial charge in [0.15, 0.2) is 0 Å². The topological polar surface area (TPSA) is 38.3 Å². The van der Waals surface area contributed by atoms with E-state index >= 15 is 0 Å². The summed E-state index contributed by atoms with van der Waals surface area (Å²) in [6, 6.07) is 5.61. The normalized spacial score (nSPS) is 29.0. The molecule has 0 amide bonds. The summed E-state index contributed by atoms with van der Waals surface area (Å²) in [5.41, 5.74) is 0.215. The molecular formula is C16H21BrClNO2. The van der Waals surface area contributed by atoms with E-state index in [0.29, 0.717) is 10.9 Å². The highest BCUT2D eigenvalue weighted by molar-refractivity contribution is 9.10. The highest BCUT2D eigenvalue weighted by atomic mass is 79.9. The standard InChI is InChI=1S/C16H21BrClNO2/c1-10-6-7-16(11(2)8-10,15(20)21-3)19-12-4-5-14(18)13(17)9-12/h4-5,9-11,19H,6-8H2,1-3H3. The highest BCUT2D eigenvalue weighted by Crippen LogP contribution is 2.40. The van der Waals surface area contributed by atoms with Crippen LogP contribution in [0, 0.1) is 11.8 Å². The fraction of sp³-hybridized carbons (Fsp3) is 0.562. The molecule has 3 nitrogen and oxygen atoms in total. The first-order chi connectivity index (χ1) is 9.89. The average Bonchev–Trinajstić information content (AvgIpc) is 2.45. The van der Waals surface area contributed by atoms with Crippen LogP contribution in [0.25, 0.3) is 0 Å². The second-order valence-electron chi connectivity index (χ2n) is 6.00. The summed E-state index contributed by atoms with van der Waals surface area (Å²) in [6.07, 6.45) is 2.81. The van der Waals surface area contributed by atoms with Gasteiger partial charge in [0, 0.05) is 10.2 Å². The van der Waals surface area contributed by atoms with Gasteiger partial charge in [0.25, 0.3) is 0 Å². The smallest absolute Gasteiger partial charge is 0.331 e. The zero-order valence-electron chi connectivity index (χ0n) is 12.6. The molecule has 5 heteroatoms. The number of anilines is 1. The number of nitrogens with one attached hydrogen (secondary N) is 1. The molecule has 1 aliphatic carbocycles. The van der Waals surface area contributed by atoms with Crippen molar-refractivity contribution in [1.29, 1.82) is 0 Å². The van der Waals surface area contributed by atoms with Crippen molar-refractivity contribution < 1.29 is 9.53 Å². The van der Waals surface area contributed by atoms with E-state index in [9.17, 15) is 4.79 Å². The maximum absolute atomic E-state index is 12.4. The second kappa shape index (κ2) is 6.57. The van der Waals surface area contributed by atoms with Crippen molar-refractivity contribution in [2.75, 3.05) is 12.4 Å². The molecule has 1 aliphatic rings. The third-order valence-electron chi connectivity index (χ3n) is 4.47. The van der Waals surface area contributed by atoms with Gasteiger partial charge in [-0.2, -0.15) is 0 Å². The highest BCUT2D eigenvalue weighted by Gasteiger charge is 2.47. The summed E-state index contributed by atoms with van der Waals surface area (Å²) in [7, 11) is 1.45. The molecule has 0 radical (unpaired) electrons. The number of rotatable bonds is 3. The van der Waals surface area contributed by atoms with E-state index in [1.54, 1.807) is 0 Å². The van der Waals surface area contributed by atoms with Crippen molar-refractivity contribution in [3.05, 3.63) is 27.7 Å². The number of carbonyl (C=O) groups excluding carboxylic acids is 1. The van der Waals surface area contributed by atoms with E-state index in [1.807, 2.05) is 18.2 Å². The van der Waals surface area contributed by atoms with Crippen LogP contribution in [-0.2, 0) is 9.53 Å². The van der Waals surface area contributed by atoms with Crippen molar-refractivity contribution in [2.24, 2.45) is 11.8 Å². The van der Waals surface area contributed by atoms with Crippen molar-refractivity contribution in [1.82, 2.24) is 0 Å². The van der Waals surface area contributed by atoms with Crippen molar-refractivity contribution in [3.8, 4) is 0 Å². The Balaban J connectivity index is 2.32. The predicted octanol–water partition coefficient (Wildman–Crippen LogP) is 4.88. The van der Waals surface area contributed by atoms with Crippen molar-refractivity contribution in [2.45, 2.75) is 38.6 Å². The minimum Gasteiger partial charge on any atom is -0.467 e. The van der Waals surface area contributed by atoms with Crippen LogP contribution in [0.2, 0.25) is 5.02 Å². The quantitative estimate of drug-likeness (QED) is 0.766. The largest absolute Gasteiger partial charge is 0.467 e. The first-order valence-corrected chi connectivity index (χ1v) is 8.38. The van der Waals surface area contributed by atoms with Gasteiger partial charge in [-0.1, -0.05) is 25.4 Å². The number of methoxy groups -OCH3 is 1. The molecule has 0 bridgehead atoms. The average molecular weight is 375 g/mol. The number of carbonyl (C=O) groups is 1. The van der Waals surface area contributed by atoms with Crippen LogP contribution >= 0.6 is 27.5 Å². The lowest BCUT2D eigenvalue weighted by molar-refractivity contribution is -0.149. The van der Waals surface area contributed by atoms with Gasteiger partial charge in [0.05, 0.1) is 12.1 Å². The van der Waals surface area contributed by atoms with E-state index < -0.39 is 5.54 Å².